The standard InChI is InChI=1S/C21H32N2O2S/c1-4-13-23(14-5-2)21(18-22-15-7-8-16-22)19-9-11-20(12-10-19)26(24,25)17-6-3/h4-5,9-12,21H,1-2,6-8,13-18H2,3H3. The van der Waals surface area contributed by atoms with E-state index in [4.69, 9.17) is 0 Å². The number of benzene rings is 1. The molecule has 5 heteroatoms. The molecule has 1 atom stereocenters. The summed E-state index contributed by atoms with van der Waals surface area (Å²) in [6, 6.07) is 7.67. The van der Waals surface area contributed by atoms with E-state index in [1.807, 2.05) is 31.2 Å². The van der Waals surface area contributed by atoms with Crippen molar-refractivity contribution in [2.75, 3.05) is 38.5 Å². The van der Waals surface area contributed by atoms with E-state index >= 15 is 0 Å². The van der Waals surface area contributed by atoms with Crippen molar-refractivity contribution in [3.8, 4) is 0 Å². The molecule has 0 radical (unpaired) electrons. The van der Waals surface area contributed by atoms with E-state index in [-0.39, 0.29) is 11.8 Å². The maximum atomic E-state index is 12.3. The number of sulfone groups is 1. The molecule has 1 aliphatic rings. The predicted octanol–water partition coefficient (Wildman–Crippen LogP) is 3.68. The molecule has 1 saturated heterocycles. The molecule has 0 N–H and O–H groups in total. The third kappa shape index (κ3) is 5.53. The number of nitrogens with zero attached hydrogens (tertiary/aromatic N) is 2. The van der Waals surface area contributed by atoms with Crippen LogP contribution in [0.2, 0.25) is 0 Å². The van der Waals surface area contributed by atoms with Crippen LogP contribution in [0.3, 0.4) is 0 Å². The first-order valence-electron chi connectivity index (χ1n) is 9.52. The average Bonchev–Trinajstić information content (AvgIpc) is 3.13. The second-order valence-corrected chi connectivity index (χ2v) is 9.05. The van der Waals surface area contributed by atoms with Gasteiger partial charge in [0.1, 0.15) is 0 Å². The largest absolute Gasteiger partial charge is 0.301 e. The molecule has 0 saturated carbocycles. The Labute approximate surface area is 159 Å². The molecule has 144 valence electrons. The minimum atomic E-state index is -3.17. The van der Waals surface area contributed by atoms with Crippen LogP contribution >= 0.6 is 0 Å². The molecule has 0 bridgehead atoms. The molecule has 0 amide bonds. The van der Waals surface area contributed by atoms with Crippen LogP contribution in [0.1, 0.15) is 37.8 Å². The monoisotopic (exact) mass is 376 g/mol. The summed E-state index contributed by atoms with van der Waals surface area (Å²) in [5, 5.41) is 0. The van der Waals surface area contributed by atoms with E-state index in [0.29, 0.717) is 11.3 Å². The summed E-state index contributed by atoms with van der Waals surface area (Å²) >= 11 is 0. The molecule has 0 aromatic heterocycles. The summed E-state index contributed by atoms with van der Waals surface area (Å²) in [6.45, 7) is 14.4. The second-order valence-electron chi connectivity index (χ2n) is 6.94. The molecule has 2 rings (SSSR count). The van der Waals surface area contributed by atoms with Crippen LogP contribution < -0.4 is 0 Å². The highest BCUT2D eigenvalue weighted by Gasteiger charge is 2.24. The molecule has 1 aliphatic heterocycles. The quantitative estimate of drug-likeness (QED) is 0.553. The number of likely N-dealkylation sites (tertiary alicyclic amines) is 1. The van der Waals surface area contributed by atoms with E-state index in [1.165, 1.54) is 12.8 Å². The molecule has 1 aromatic rings. The van der Waals surface area contributed by atoms with E-state index in [9.17, 15) is 8.42 Å². The zero-order valence-corrected chi connectivity index (χ0v) is 16.8. The zero-order valence-electron chi connectivity index (χ0n) is 15.9. The van der Waals surface area contributed by atoms with Crippen LogP contribution in [0.4, 0.5) is 0 Å². The minimum Gasteiger partial charge on any atom is -0.301 e. The van der Waals surface area contributed by atoms with Gasteiger partial charge in [0.05, 0.1) is 10.6 Å². The maximum Gasteiger partial charge on any atom is 0.178 e. The third-order valence-corrected chi connectivity index (χ3v) is 6.83. The molecule has 26 heavy (non-hydrogen) atoms. The fraction of sp³-hybridized carbons (Fsp3) is 0.524. The van der Waals surface area contributed by atoms with Gasteiger partial charge in [-0.2, -0.15) is 0 Å². The van der Waals surface area contributed by atoms with Gasteiger partial charge in [0.15, 0.2) is 9.84 Å². The van der Waals surface area contributed by atoms with Gasteiger partial charge < -0.3 is 4.90 Å². The first kappa shape index (κ1) is 20.9. The topological polar surface area (TPSA) is 40.6 Å². The van der Waals surface area contributed by atoms with Crippen molar-refractivity contribution < 1.29 is 8.42 Å². The molecular weight excluding hydrogens is 344 g/mol. The van der Waals surface area contributed by atoms with Crippen molar-refractivity contribution >= 4 is 9.84 Å². The van der Waals surface area contributed by atoms with Gasteiger partial charge in [0.2, 0.25) is 0 Å². The Kier molecular flexibility index (Phi) is 8.07. The second kappa shape index (κ2) is 10.0. The molecular formula is C21H32N2O2S. The summed E-state index contributed by atoms with van der Waals surface area (Å²) in [5.74, 6) is 0.197. The van der Waals surface area contributed by atoms with Crippen LogP contribution in [0, 0.1) is 0 Å². The van der Waals surface area contributed by atoms with Crippen LogP contribution in [-0.4, -0.2) is 56.7 Å². The van der Waals surface area contributed by atoms with Crippen molar-refractivity contribution in [3.05, 3.63) is 55.1 Å². The lowest BCUT2D eigenvalue weighted by Crippen LogP contribution is -2.37. The van der Waals surface area contributed by atoms with Crippen molar-refractivity contribution in [2.24, 2.45) is 0 Å². The minimum absolute atomic E-state index is 0.197. The number of rotatable bonds is 11. The van der Waals surface area contributed by atoms with Gasteiger partial charge in [0.25, 0.3) is 0 Å². The zero-order chi connectivity index (χ0) is 19.0. The normalized spacial score (nSPS) is 16.7. The fourth-order valence-corrected chi connectivity index (χ4v) is 4.91. The number of hydrogen-bond donors (Lipinski definition) is 0. The molecule has 4 nitrogen and oxygen atoms in total. The summed E-state index contributed by atoms with van der Waals surface area (Å²) in [4.78, 5) is 5.25. The van der Waals surface area contributed by atoms with Gasteiger partial charge in [-0.3, -0.25) is 4.90 Å². The Balaban J connectivity index is 2.27. The number of hydrogen-bond acceptors (Lipinski definition) is 4. The fourth-order valence-electron chi connectivity index (χ4n) is 3.59. The van der Waals surface area contributed by atoms with Crippen molar-refractivity contribution in [3.63, 3.8) is 0 Å². The summed E-state index contributed by atoms with van der Waals surface area (Å²) in [7, 11) is -3.17. The van der Waals surface area contributed by atoms with Crippen molar-refractivity contribution in [1.82, 2.24) is 9.80 Å². The molecule has 0 spiro atoms. The molecule has 0 aliphatic carbocycles. The van der Waals surface area contributed by atoms with E-state index in [2.05, 4.69) is 23.0 Å². The average molecular weight is 377 g/mol. The van der Waals surface area contributed by atoms with Crippen molar-refractivity contribution in [1.29, 1.82) is 0 Å². The third-order valence-electron chi connectivity index (χ3n) is 4.89. The van der Waals surface area contributed by atoms with Gasteiger partial charge >= 0.3 is 0 Å². The maximum absolute atomic E-state index is 12.3. The summed E-state index contributed by atoms with van der Waals surface area (Å²) in [6.07, 6.45) is 6.98. The van der Waals surface area contributed by atoms with Gasteiger partial charge in [-0.25, -0.2) is 8.42 Å². The van der Waals surface area contributed by atoms with Gasteiger partial charge in [-0.15, -0.1) is 13.2 Å². The van der Waals surface area contributed by atoms with Gasteiger partial charge in [-0.1, -0.05) is 31.2 Å². The van der Waals surface area contributed by atoms with Crippen LogP contribution in [0.15, 0.2) is 54.5 Å². The first-order chi connectivity index (χ1) is 12.5. The predicted molar refractivity (Wildman–Crippen MR) is 109 cm³/mol. The highest BCUT2D eigenvalue weighted by atomic mass is 32.2. The van der Waals surface area contributed by atoms with Crippen molar-refractivity contribution in [2.45, 2.75) is 37.1 Å². The summed E-state index contributed by atoms with van der Waals surface area (Å²) < 4.78 is 24.6. The Morgan fingerprint density at radius 3 is 2.19 bits per heavy atom. The van der Waals surface area contributed by atoms with E-state index in [0.717, 1.165) is 38.3 Å². The van der Waals surface area contributed by atoms with E-state index in [1.54, 1.807) is 12.1 Å². The summed E-state index contributed by atoms with van der Waals surface area (Å²) in [5.41, 5.74) is 1.15. The highest BCUT2D eigenvalue weighted by molar-refractivity contribution is 7.91. The SMILES string of the molecule is C=CCN(CC=C)C(CN1CCCC1)c1ccc(S(=O)(=O)CCC)cc1. The highest BCUT2D eigenvalue weighted by Crippen LogP contribution is 2.25. The van der Waals surface area contributed by atoms with Gasteiger partial charge in [0, 0.05) is 25.7 Å². The Hall–Kier alpha value is -1.43. The molecule has 1 aromatic carbocycles. The molecule has 1 heterocycles. The van der Waals surface area contributed by atoms with E-state index < -0.39 is 9.84 Å². The Morgan fingerprint density at radius 1 is 1.12 bits per heavy atom. The lowest BCUT2D eigenvalue weighted by Gasteiger charge is -2.33. The smallest absolute Gasteiger partial charge is 0.178 e. The Bertz CT molecular complexity index is 666. The molecule has 1 fully saturated rings. The molecule has 1 unspecified atom stereocenters. The lowest BCUT2D eigenvalue weighted by molar-refractivity contribution is 0.178. The van der Waals surface area contributed by atoms with Gasteiger partial charge in [-0.05, 0) is 50.0 Å². The van der Waals surface area contributed by atoms with Crippen LogP contribution in [-0.2, 0) is 9.84 Å². The lowest BCUT2D eigenvalue weighted by atomic mass is 10.0. The Morgan fingerprint density at radius 2 is 1.69 bits per heavy atom. The van der Waals surface area contributed by atoms with Crippen LogP contribution in [0.5, 0.6) is 0 Å². The van der Waals surface area contributed by atoms with Crippen LogP contribution in [0.25, 0.3) is 0 Å². The first-order valence-corrected chi connectivity index (χ1v) is 11.2.